The van der Waals surface area contributed by atoms with Gasteiger partial charge in [0.25, 0.3) is 20.2 Å². The van der Waals surface area contributed by atoms with Crippen LogP contribution in [0.5, 0.6) is 0 Å². The van der Waals surface area contributed by atoms with Crippen molar-refractivity contribution in [1.82, 2.24) is 0 Å². The van der Waals surface area contributed by atoms with Gasteiger partial charge in [-0.05, 0) is 24.6 Å². The molecule has 140 valence electrons. The van der Waals surface area contributed by atoms with Gasteiger partial charge in [-0.2, -0.15) is 27.0 Å². The molecule has 3 N–H and O–H groups in total. The van der Waals surface area contributed by atoms with Gasteiger partial charge in [-0.15, -0.1) is 0 Å². The van der Waals surface area contributed by atoms with Crippen LogP contribution in [-0.2, 0) is 34.1 Å². The summed E-state index contributed by atoms with van der Waals surface area (Å²) in [6.45, 7) is 7.98. The molecule has 0 heterocycles. The molecule has 11 heteroatoms. The molecule has 0 aromatic heterocycles. The van der Waals surface area contributed by atoms with Gasteiger partial charge in [-0.3, -0.25) is 4.55 Å². The minimum absolute atomic E-state index is 0.104. The monoisotopic (exact) mass is 393 g/mol. The highest BCUT2D eigenvalue weighted by Gasteiger charge is 2.11. The van der Waals surface area contributed by atoms with Crippen LogP contribution in [0.1, 0.15) is 12.5 Å². The zero-order valence-corrected chi connectivity index (χ0v) is 15.0. The Balaban J connectivity index is 0.000000462. The lowest BCUT2D eigenvalue weighted by atomic mass is 10.2. The van der Waals surface area contributed by atoms with Crippen LogP contribution >= 0.6 is 0 Å². The Hall–Kier alpha value is -2.05. The molecule has 0 atom stereocenters. The van der Waals surface area contributed by atoms with E-state index >= 15 is 0 Å². The Morgan fingerprint density at radius 1 is 1.24 bits per heavy atom. The van der Waals surface area contributed by atoms with E-state index in [-0.39, 0.29) is 17.1 Å². The number of rotatable bonds is 7. The highest BCUT2D eigenvalue weighted by molar-refractivity contribution is 7.86. The summed E-state index contributed by atoms with van der Waals surface area (Å²) in [4.78, 5) is 10.6. The molecule has 0 spiro atoms. The predicted molar refractivity (Wildman–Crippen MR) is 91.2 cm³/mol. The average molecular weight is 393 g/mol. The van der Waals surface area contributed by atoms with Gasteiger partial charge in [0, 0.05) is 5.57 Å². The van der Waals surface area contributed by atoms with E-state index in [1.165, 1.54) is 19.1 Å². The van der Waals surface area contributed by atoms with Crippen LogP contribution in [0.4, 0.5) is 0 Å². The summed E-state index contributed by atoms with van der Waals surface area (Å²) in [5, 5.41) is 0. The van der Waals surface area contributed by atoms with Crippen molar-refractivity contribution in [2.75, 3.05) is 12.4 Å². The number of hydrogen-bond donors (Lipinski definition) is 2. The summed E-state index contributed by atoms with van der Waals surface area (Å²) in [6.07, 6.45) is 1.59. The first-order chi connectivity index (χ1) is 11.4. The first-order valence-electron chi connectivity index (χ1n) is 6.56. The van der Waals surface area contributed by atoms with Crippen LogP contribution in [0.25, 0.3) is 6.08 Å². The molecule has 0 aliphatic carbocycles. The number of nitrogens with two attached hydrogens (primary N) is 1. The SMILES string of the molecule is C=C(C)C(=O)OCCS(=O)(=O)ON.C=Cc1ccc(S(=O)(=O)O)cc1. The molecule has 0 radical (unpaired) electrons. The van der Waals surface area contributed by atoms with Crippen molar-refractivity contribution in [3.05, 3.63) is 48.6 Å². The zero-order valence-electron chi connectivity index (χ0n) is 13.4. The summed E-state index contributed by atoms with van der Waals surface area (Å²) in [5.41, 5.74) is 1.01. The molecular formula is C14H19NO8S2. The van der Waals surface area contributed by atoms with Crippen molar-refractivity contribution in [2.45, 2.75) is 11.8 Å². The molecule has 0 unspecified atom stereocenters. The van der Waals surface area contributed by atoms with E-state index in [1.807, 2.05) is 0 Å². The van der Waals surface area contributed by atoms with E-state index in [4.69, 9.17) is 4.55 Å². The summed E-state index contributed by atoms with van der Waals surface area (Å²) < 4.78 is 59.0. The zero-order chi connectivity index (χ0) is 19.7. The van der Waals surface area contributed by atoms with E-state index in [0.29, 0.717) is 0 Å². The quantitative estimate of drug-likeness (QED) is 0.298. The molecule has 0 bridgehead atoms. The summed E-state index contributed by atoms with van der Waals surface area (Å²) >= 11 is 0. The third-order valence-electron chi connectivity index (χ3n) is 2.48. The second-order valence-electron chi connectivity index (χ2n) is 4.52. The molecule has 0 fully saturated rings. The van der Waals surface area contributed by atoms with E-state index in [1.54, 1.807) is 18.2 Å². The Morgan fingerprint density at radius 2 is 1.76 bits per heavy atom. The molecule has 0 amide bonds. The fraction of sp³-hybridized carbons (Fsp3) is 0.214. The molecule has 25 heavy (non-hydrogen) atoms. The number of carbonyl (C=O) groups excluding carboxylic acids is 1. The van der Waals surface area contributed by atoms with Crippen LogP contribution < -0.4 is 5.90 Å². The molecule has 9 nitrogen and oxygen atoms in total. The normalized spacial score (nSPS) is 11.0. The molecular weight excluding hydrogens is 374 g/mol. The highest BCUT2D eigenvalue weighted by Crippen LogP contribution is 2.10. The number of benzene rings is 1. The fourth-order valence-corrected chi connectivity index (χ4v) is 2.05. The van der Waals surface area contributed by atoms with Crippen LogP contribution in [-0.4, -0.2) is 39.7 Å². The fourth-order valence-electron chi connectivity index (χ4n) is 1.18. The van der Waals surface area contributed by atoms with Crippen molar-refractivity contribution in [2.24, 2.45) is 5.90 Å². The van der Waals surface area contributed by atoms with Gasteiger partial charge in [0.2, 0.25) is 0 Å². The van der Waals surface area contributed by atoms with Gasteiger partial charge in [0.15, 0.2) is 0 Å². The molecule has 1 aromatic rings. The van der Waals surface area contributed by atoms with E-state index < -0.39 is 32.0 Å². The van der Waals surface area contributed by atoms with E-state index in [0.717, 1.165) is 5.56 Å². The van der Waals surface area contributed by atoms with Crippen molar-refractivity contribution in [3.63, 3.8) is 0 Å². The Bertz CT molecular complexity index is 811. The van der Waals surface area contributed by atoms with Crippen molar-refractivity contribution in [1.29, 1.82) is 0 Å². The second-order valence-corrected chi connectivity index (χ2v) is 7.66. The van der Waals surface area contributed by atoms with Gasteiger partial charge in [-0.25, -0.2) is 4.79 Å². The molecule has 1 rings (SSSR count). The Labute approximate surface area is 146 Å². The standard InChI is InChI=1S/C8H8O3S.C6H11NO5S/c1-2-7-3-5-8(6-4-7)12(9,10)11;1-5(2)6(8)11-3-4-13(9,10)12-7/h2-6H,1H2,(H,9,10,11);1,3-4,7H2,2H3. The predicted octanol–water partition coefficient (Wildman–Crippen LogP) is 0.902. The largest absolute Gasteiger partial charge is 0.461 e. The lowest BCUT2D eigenvalue weighted by molar-refractivity contribution is -0.138. The summed E-state index contributed by atoms with van der Waals surface area (Å²) in [7, 11) is -7.83. The van der Waals surface area contributed by atoms with Gasteiger partial charge in [-0.1, -0.05) is 31.4 Å². The smallest absolute Gasteiger partial charge is 0.333 e. The van der Waals surface area contributed by atoms with Gasteiger partial charge < -0.3 is 4.74 Å². The second kappa shape index (κ2) is 10.1. The number of esters is 1. The van der Waals surface area contributed by atoms with E-state index in [9.17, 15) is 21.6 Å². The van der Waals surface area contributed by atoms with Crippen LogP contribution in [0, 0.1) is 0 Å². The average Bonchev–Trinajstić information content (AvgIpc) is 2.54. The van der Waals surface area contributed by atoms with E-state index in [2.05, 4.69) is 28.1 Å². The van der Waals surface area contributed by atoms with Gasteiger partial charge >= 0.3 is 5.97 Å². The van der Waals surface area contributed by atoms with Crippen LogP contribution in [0.15, 0.2) is 47.9 Å². The third kappa shape index (κ3) is 9.74. The lowest BCUT2D eigenvalue weighted by Crippen LogP contribution is -2.20. The topological polar surface area (TPSA) is 150 Å². The van der Waals surface area contributed by atoms with Crippen molar-refractivity contribution >= 4 is 32.3 Å². The maximum atomic E-state index is 10.7. The third-order valence-corrected chi connectivity index (χ3v) is 4.30. The van der Waals surface area contributed by atoms with Gasteiger partial charge in [0.05, 0.1) is 4.90 Å². The highest BCUT2D eigenvalue weighted by atomic mass is 32.2. The molecule has 0 aliphatic heterocycles. The number of carbonyl (C=O) groups is 1. The van der Waals surface area contributed by atoms with Crippen molar-refractivity contribution in [3.8, 4) is 0 Å². The molecule has 0 saturated carbocycles. The minimum atomic E-state index is -4.06. The lowest BCUT2D eigenvalue weighted by Gasteiger charge is -2.03. The van der Waals surface area contributed by atoms with Crippen LogP contribution in [0.3, 0.4) is 0 Å². The molecule has 0 aliphatic rings. The van der Waals surface area contributed by atoms with Crippen LogP contribution in [0.2, 0.25) is 0 Å². The summed E-state index contributed by atoms with van der Waals surface area (Å²) in [5.74, 6) is 3.32. The minimum Gasteiger partial charge on any atom is -0.461 e. The molecule has 1 aromatic carbocycles. The first-order valence-corrected chi connectivity index (χ1v) is 9.58. The van der Waals surface area contributed by atoms with Crippen molar-refractivity contribution < 1.29 is 35.2 Å². The van der Waals surface area contributed by atoms with Gasteiger partial charge in [0.1, 0.15) is 12.4 Å². The number of ether oxygens (including phenoxy) is 1. The summed E-state index contributed by atoms with van der Waals surface area (Å²) in [6, 6.07) is 5.78. The maximum Gasteiger partial charge on any atom is 0.333 e. The first kappa shape index (κ1) is 22.9. The number of hydrogen-bond acceptors (Lipinski definition) is 8. The maximum absolute atomic E-state index is 10.7. The molecule has 0 saturated heterocycles. The Kier molecular flexibility index (Phi) is 9.23. The Morgan fingerprint density at radius 3 is 2.12 bits per heavy atom.